The number of carbonyl (C=O) groups excluding carboxylic acids is 1. The summed E-state index contributed by atoms with van der Waals surface area (Å²) >= 11 is 0. The number of carboxylic acid groups (broad SMARTS) is 1. The van der Waals surface area contributed by atoms with Gasteiger partial charge in [0, 0.05) is 11.3 Å². The van der Waals surface area contributed by atoms with Crippen LogP contribution < -0.4 is 5.73 Å². The molecule has 2 bridgehead atoms. The van der Waals surface area contributed by atoms with Gasteiger partial charge in [-0.3, -0.25) is 9.59 Å². The van der Waals surface area contributed by atoms with Gasteiger partial charge in [0.15, 0.2) is 0 Å². The summed E-state index contributed by atoms with van der Waals surface area (Å²) in [6.07, 6.45) is 2.87. The fraction of sp³-hybridized carbons (Fsp3) is 0.579. The van der Waals surface area contributed by atoms with Crippen LogP contribution in [0.2, 0.25) is 0 Å². The fourth-order valence-electron chi connectivity index (χ4n) is 7.59. The summed E-state index contributed by atoms with van der Waals surface area (Å²) in [6.45, 7) is 0. The quantitative estimate of drug-likeness (QED) is 0.889. The molecule has 0 heterocycles. The lowest BCUT2D eigenvalue weighted by molar-refractivity contribution is -0.261. The maximum Gasteiger partial charge on any atom is 0.304 e. The Hall–Kier alpha value is -1.91. The molecule has 1 spiro atoms. The standard InChI is InChI=1S/C19H20FNO3/c20-11-3-1-10(2-4-11)18(8-15(22)23)13-5-9-7-19(13)12(6-14(18)19)16(9)17(21)24/h1-4,9,12-14,16H,5-8H2,(H2,21,24)(H,22,23). The maximum atomic E-state index is 13.4. The Morgan fingerprint density at radius 2 is 1.88 bits per heavy atom. The average molecular weight is 329 g/mol. The van der Waals surface area contributed by atoms with E-state index in [-0.39, 0.29) is 41.3 Å². The summed E-state index contributed by atoms with van der Waals surface area (Å²) in [5, 5.41) is 9.54. The van der Waals surface area contributed by atoms with Gasteiger partial charge in [0.25, 0.3) is 0 Å². The van der Waals surface area contributed by atoms with Gasteiger partial charge in [0.1, 0.15) is 5.82 Å². The van der Waals surface area contributed by atoms with E-state index in [0.717, 1.165) is 24.8 Å². The molecular weight excluding hydrogens is 309 g/mol. The number of primary amides is 1. The molecule has 1 aromatic carbocycles. The molecule has 24 heavy (non-hydrogen) atoms. The SMILES string of the molecule is NC(=O)C1C2CC3C(CC(=O)O)(c4ccc(F)cc4)C4CC1C34C2. The summed E-state index contributed by atoms with van der Waals surface area (Å²) in [7, 11) is 0. The monoisotopic (exact) mass is 329 g/mol. The zero-order valence-electron chi connectivity index (χ0n) is 13.2. The molecule has 5 rings (SSSR count). The molecule has 7 unspecified atom stereocenters. The van der Waals surface area contributed by atoms with E-state index < -0.39 is 11.4 Å². The number of rotatable bonds is 4. The molecule has 4 aliphatic carbocycles. The Labute approximate surface area is 139 Å². The van der Waals surface area contributed by atoms with Crippen LogP contribution in [0.1, 0.15) is 31.2 Å². The Kier molecular flexibility index (Phi) is 2.52. The Morgan fingerprint density at radius 3 is 2.50 bits per heavy atom. The number of carboxylic acids is 1. The van der Waals surface area contributed by atoms with E-state index in [9.17, 15) is 19.1 Å². The minimum Gasteiger partial charge on any atom is -0.481 e. The van der Waals surface area contributed by atoms with Crippen LogP contribution in [-0.2, 0) is 15.0 Å². The molecule has 3 N–H and O–H groups in total. The number of nitrogens with two attached hydrogens (primary N) is 1. The van der Waals surface area contributed by atoms with Crippen molar-refractivity contribution in [3.8, 4) is 0 Å². The van der Waals surface area contributed by atoms with Crippen LogP contribution in [0.15, 0.2) is 24.3 Å². The second kappa shape index (κ2) is 4.19. The Balaban J connectivity index is 1.58. The molecule has 1 aromatic rings. The van der Waals surface area contributed by atoms with E-state index in [0.29, 0.717) is 11.8 Å². The van der Waals surface area contributed by atoms with Gasteiger partial charge in [0.2, 0.25) is 5.91 Å². The summed E-state index contributed by atoms with van der Waals surface area (Å²) < 4.78 is 13.4. The maximum absolute atomic E-state index is 13.4. The summed E-state index contributed by atoms with van der Waals surface area (Å²) in [5.74, 6) is -0.0836. The van der Waals surface area contributed by atoms with Crippen LogP contribution in [-0.4, -0.2) is 17.0 Å². The molecule has 5 heteroatoms. The first-order chi connectivity index (χ1) is 11.4. The predicted octanol–water partition coefficient (Wildman–Crippen LogP) is 2.32. The van der Waals surface area contributed by atoms with E-state index in [1.54, 1.807) is 12.1 Å². The lowest BCUT2D eigenvalue weighted by atomic mass is 9.26. The summed E-state index contributed by atoms with van der Waals surface area (Å²) in [5.41, 5.74) is 6.31. The van der Waals surface area contributed by atoms with E-state index in [2.05, 4.69) is 0 Å². The molecule has 0 aliphatic heterocycles. The number of amides is 1. The first-order valence-corrected chi connectivity index (χ1v) is 8.68. The third-order valence-corrected chi connectivity index (χ3v) is 7.97. The fourth-order valence-corrected chi connectivity index (χ4v) is 7.59. The topological polar surface area (TPSA) is 80.4 Å². The Bertz CT molecular complexity index is 762. The van der Waals surface area contributed by atoms with Crippen molar-refractivity contribution in [3.63, 3.8) is 0 Å². The van der Waals surface area contributed by atoms with Crippen molar-refractivity contribution >= 4 is 11.9 Å². The van der Waals surface area contributed by atoms with E-state index in [4.69, 9.17) is 5.73 Å². The minimum atomic E-state index is -0.799. The minimum absolute atomic E-state index is 0.0199. The second-order valence-electron chi connectivity index (χ2n) is 8.31. The highest BCUT2D eigenvalue weighted by Crippen LogP contribution is 2.88. The number of hydrogen-bond acceptors (Lipinski definition) is 2. The van der Waals surface area contributed by atoms with Crippen molar-refractivity contribution in [2.24, 2.45) is 40.7 Å². The molecule has 4 saturated carbocycles. The van der Waals surface area contributed by atoms with Gasteiger partial charge in [-0.15, -0.1) is 0 Å². The van der Waals surface area contributed by atoms with Gasteiger partial charge < -0.3 is 10.8 Å². The largest absolute Gasteiger partial charge is 0.481 e. The van der Waals surface area contributed by atoms with E-state index >= 15 is 0 Å². The van der Waals surface area contributed by atoms with Gasteiger partial charge in [-0.2, -0.15) is 0 Å². The molecule has 0 radical (unpaired) electrons. The molecule has 4 aliphatic rings. The molecule has 4 fully saturated rings. The predicted molar refractivity (Wildman–Crippen MR) is 83.3 cm³/mol. The van der Waals surface area contributed by atoms with Gasteiger partial charge in [-0.25, -0.2) is 4.39 Å². The van der Waals surface area contributed by atoms with Crippen LogP contribution in [0.5, 0.6) is 0 Å². The first-order valence-electron chi connectivity index (χ1n) is 8.68. The number of halogens is 1. The molecule has 126 valence electrons. The number of aliphatic carboxylic acids is 1. The van der Waals surface area contributed by atoms with Crippen LogP contribution in [0.3, 0.4) is 0 Å². The van der Waals surface area contributed by atoms with Crippen LogP contribution >= 0.6 is 0 Å². The third-order valence-electron chi connectivity index (χ3n) is 7.97. The number of carbonyl (C=O) groups is 2. The molecule has 0 aromatic heterocycles. The van der Waals surface area contributed by atoms with E-state index in [1.165, 1.54) is 12.1 Å². The molecular formula is C19H20FNO3. The lowest BCUT2D eigenvalue weighted by Crippen LogP contribution is -2.75. The molecule has 4 nitrogen and oxygen atoms in total. The van der Waals surface area contributed by atoms with Crippen molar-refractivity contribution in [3.05, 3.63) is 35.6 Å². The smallest absolute Gasteiger partial charge is 0.304 e. The van der Waals surface area contributed by atoms with Crippen LogP contribution in [0.25, 0.3) is 0 Å². The highest BCUT2D eigenvalue weighted by Gasteiger charge is 2.85. The van der Waals surface area contributed by atoms with Crippen molar-refractivity contribution < 1.29 is 19.1 Å². The van der Waals surface area contributed by atoms with Gasteiger partial charge in [-0.05, 0) is 66.0 Å². The van der Waals surface area contributed by atoms with Gasteiger partial charge in [0.05, 0.1) is 6.42 Å². The van der Waals surface area contributed by atoms with Crippen molar-refractivity contribution in [1.29, 1.82) is 0 Å². The van der Waals surface area contributed by atoms with E-state index in [1.807, 2.05) is 0 Å². The molecule has 0 saturated heterocycles. The van der Waals surface area contributed by atoms with Gasteiger partial charge in [-0.1, -0.05) is 12.1 Å². The number of fused-ring (bicyclic) bond motifs is 1. The lowest BCUT2D eigenvalue weighted by Gasteiger charge is -2.77. The third kappa shape index (κ3) is 1.33. The molecule has 7 atom stereocenters. The Morgan fingerprint density at radius 1 is 1.21 bits per heavy atom. The highest BCUT2D eigenvalue weighted by molar-refractivity contribution is 5.79. The number of benzene rings is 1. The normalized spacial score (nSPS) is 46.8. The van der Waals surface area contributed by atoms with Crippen molar-refractivity contribution in [2.45, 2.75) is 31.1 Å². The molecule has 1 amide bonds. The second-order valence-corrected chi connectivity index (χ2v) is 8.31. The number of hydrogen-bond donors (Lipinski definition) is 2. The van der Waals surface area contributed by atoms with Crippen molar-refractivity contribution in [1.82, 2.24) is 0 Å². The highest BCUT2D eigenvalue weighted by atomic mass is 19.1. The zero-order chi connectivity index (χ0) is 16.9. The summed E-state index contributed by atoms with van der Waals surface area (Å²) in [4.78, 5) is 23.5. The van der Waals surface area contributed by atoms with Crippen LogP contribution in [0, 0.1) is 40.8 Å². The van der Waals surface area contributed by atoms with Crippen LogP contribution in [0.4, 0.5) is 4.39 Å². The summed E-state index contributed by atoms with van der Waals surface area (Å²) in [6, 6.07) is 6.38. The van der Waals surface area contributed by atoms with Gasteiger partial charge >= 0.3 is 5.97 Å². The average Bonchev–Trinajstić information content (AvgIpc) is 3.00. The first kappa shape index (κ1) is 14.4. The van der Waals surface area contributed by atoms with Crippen molar-refractivity contribution in [2.75, 3.05) is 0 Å². The zero-order valence-corrected chi connectivity index (χ0v) is 13.2.